The summed E-state index contributed by atoms with van der Waals surface area (Å²) in [7, 11) is 0. The van der Waals surface area contributed by atoms with E-state index in [9.17, 15) is 0 Å². The van der Waals surface area contributed by atoms with E-state index in [1.165, 1.54) is 27.5 Å². The molecule has 2 aromatic heterocycles. The fraction of sp³-hybridized carbons (Fsp3) is 0. The molecule has 9 aromatic carbocycles. The molecule has 0 saturated heterocycles. The molecule has 0 radical (unpaired) electrons. The van der Waals surface area contributed by atoms with Gasteiger partial charge in [-0.15, -0.1) is 0 Å². The Bertz CT molecular complexity index is 3200. The van der Waals surface area contributed by atoms with Gasteiger partial charge in [-0.3, -0.25) is 0 Å². The third kappa shape index (κ3) is 5.36. The van der Waals surface area contributed by atoms with Gasteiger partial charge in [0, 0.05) is 44.7 Å². The lowest BCUT2D eigenvalue weighted by Gasteiger charge is -2.26. The Morgan fingerprint density at radius 1 is 0.291 bits per heavy atom. The predicted molar refractivity (Wildman–Crippen MR) is 229 cm³/mol. The van der Waals surface area contributed by atoms with Crippen LogP contribution in [-0.4, -0.2) is 0 Å². The van der Waals surface area contributed by atoms with E-state index in [1.54, 1.807) is 0 Å². The van der Waals surface area contributed by atoms with Gasteiger partial charge in [0.25, 0.3) is 0 Å². The molecule has 0 aliphatic heterocycles. The van der Waals surface area contributed by atoms with Gasteiger partial charge in [-0.2, -0.15) is 0 Å². The third-order valence-corrected chi connectivity index (χ3v) is 10.9. The largest absolute Gasteiger partial charge is 0.456 e. The van der Waals surface area contributed by atoms with Crippen molar-refractivity contribution in [3.63, 3.8) is 0 Å². The maximum Gasteiger partial charge on any atom is 0.137 e. The van der Waals surface area contributed by atoms with Crippen molar-refractivity contribution in [1.29, 1.82) is 0 Å². The van der Waals surface area contributed by atoms with Gasteiger partial charge >= 0.3 is 0 Å². The second-order valence-corrected chi connectivity index (χ2v) is 14.1. The van der Waals surface area contributed by atoms with E-state index < -0.39 is 0 Å². The molecule has 3 nitrogen and oxygen atoms in total. The number of fused-ring (bicyclic) bond motifs is 7. The van der Waals surface area contributed by atoms with Crippen molar-refractivity contribution in [3.05, 3.63) is 200 Å². The maximum absolute atomic E-state index is 6.37. The SMILES string of the molecule is c1cc(-c2ccc(N(c3ccc(-c4cccc5oc6ccccc6c45)cc3)c3ccc4c(c3)oc3ccccc34)cc2)cc(-c2ccc3ccccc3c2)c1. The van der Waals surface area contributed by atoms with Crippen molar-refractivity contribution < 1.29 is 8.83 Å². The minimum atomic E-state index is 0.862. The van der Waals surface area contributed by atoms with Crippen molar-refractivity contribution >= 4 is 71.7 Å². The molecule has 11 rings (SSSR count). The number of furan rings is 2. The summed E-state index contributed by atoms with van der Waals surface area (Å²) < 4.78 is 12.6. The smallest absolute Gasteiger partial charge is 0.137 e. The molecular formula is C52H33NO2. The fourth-order valence-corrected chi connectivity index (χ4v) is 8.16. The van der Waals surface area contributed by atoms with E-state index >= 15 is 0 Å². The molecule has 0 amide bonds. The van der Waals surface area contributed by atoms with Gasteiger partial charge in [-0.25, -0.2) is 0 Å². The molecule has 0 atom stereocenters. The first-order valence-corrected chi connectivity index (χ1v) is 18.7. The lowest BCUT2D eigenvalue weighted by atomic mass is 9.97. The summed E-state index contributed by atoms with van der Waals surface area (Å²) in [5.41, 5.74) is 13.7. The number of hydrogen-bond acceptors (Lipinski definition) is 3. The number of para-hydroxylation sites is 2. The first kappa shape index (κ1) is 31.2. The first-order chi connectivity index (χ1) is 27.2. The van der Waals surface area contributed by atoms with E-state index in [1.807, 2.05) is 30.3 Å². The van der Waals surface area contributed by atoms with Crippen molar-refractivity contribution in [3.8, 4) is 33.4 Å². The maximum atomic E-state index is 6.37. The number of hydrogen-bond donors (Lipinski definition) is 0. The molecule has 0 spiro atoms. The van der Waals surface area contributed by atoms with Crippen molar-refractivity contribution in [2.24, 2.45) is 0 Å². The lowest BCUT2D eigenvalue weighted by molar-refractivity contribution is 0.668. The molecule has 0 N–H and O–H groups in total. The van der Waals surface area contributed by atoms with Crippen LogP contribution in [0.15, 0.2) is 209 Å². The molecular weight excluding hydrogens is 671 g/mol. The van der Waals surface area contributed by atoms with Crippen LogP contribution in [-0.2, 0) is 0 Å². The van der Waals surface area contributed by atoms with Gasteiger partial charge in [0.05, 0.1) is 0 Å². The highest BCUT2D eigenvalue weighted by molar-refractivity contribution is 6.12. The minimum absolute atomic E-state index is 0.862. The highest BCUT2D eigenvalue weighted by Gasteiger charge is 2.17. The van der Waals surface area contributed by atoms with Crippen molar-refractivity contribution in [1.82, 2.24) is 0 Å². The van der Waals surface area contributed by atoms with Crippen LogP contribution in [0.5, 0.6) is 0 Å². The molecule has 0 unspecified atom stereocenters. The Hall–Kier alpha value is -7.36. The lowest BCUT2D eigenvalue weighted by Crippen LogP contribution is -2.09. The van der Waals surface area contributed by atoms with Crippen LogP contribution in [0.2, 0.25) is 0 Å². The molecule has 11 aromatic rings. The van der Waals surface area contributed by atoms with Crippen LogP contribution < -0.4 is 4.90 Å². The zero-order valence-electron chi connectivity index (χ0n) is 29.8. The number of benzene rings is 9. The normalized spacial score (nSPS) is 11.6. The number of anilines is 3. The molecule has 55 heavy (non-hydrogen) atoms. The van der Waals surface area contributed by atoms with Crippen molar-refractivity contribution in [2.75, 3.05) is 4.90 Å². The molecule has 258 valence electrons. The zero-order chi connectivity index (χ0) is 36.3. The Morgan fingerprint density at radius 2 is 0.836 bits per heavy atom. The summed E-state index contributed by atoms with van der Waals surface area (Å²) in [6.45, 7) is 0. The van der Waals surface area contributed by atoms with Gasteiger partial charge in [0.2, 0.25) is 0 Å². The van der Waals surface area contributed by atoms with E-state index in [-0.39, 0.29) is 0 Å². The van der Waals surface area contributed by atoms with Gasteiger partial charge in [0.1, 0.15) is 22.3 Å². The molecule has 0 aliphatic carbocycles. The molecule has 3 heteroatoms. The Morgan fingerprint density at radius 3 is 1.64 bits per heavy atom. The fourth-order valence-electron chi connectivity index (χ4n) is 8.16. The quantitative estimate of drug-likeness (QED) is 0.173. The molecule has 0 fully saturated rings. The van der Waals surface area contributed by atoms with Crippen LogP contribution in [0.3, 0.4) is 0 Å². The van der Waals surface area contributed by atoms with E-state index in [4.69, 9.17) is 8.83 Å². The standard InChI is InChI=1S/C52H33NO2/c1-2-10-37-32-40(20-19-34(37)9-1)39-12-7-11-38(31-39)35-21-25-41(26-22-35)53(43-29-30-46-45-13-3-5-16-48(45)55-51(46)33-43)42-27-23-36(24-28-42)44-15-8-18-50-52(44)47-14-4-6-17-49(47)54-50/h1-33H. The summed E-state index contributed by atoms with van der Waals surface area (Å²) in [5, 5.41) is 6.99. The van der Waals surface area contributed by atoms with Crippen LogP contribution in [0.25, 0.3) is 88.0 Å². The molecule has 0 saturated carbocycles. The van der Waals surface area contributed by atoms with Crippen LogP contribution in [0.4, 0.5) is 17.1 Å². The first-order valence-electron chi connectivity index (χ1n) is 18.7. The topological polar surface area (TPSA) is 29.5 Å². The second-order valence-electron chi connectivity index (χ2n) is 14.1. The van der Waals surface area contributed by atoms with E-state index in [0.717, 1.165) is 77.6 Å². The summed E-state index contributed by atoms with van der Waals surface area (Å²) in [4.78, 5) is 2.31. The zero-order valence-corrected chi connectivity index (χ0v) is 29.8. The van der Waals surface area contributed by atoms with Crippen LogP contribution in [0, 0.1) is 0 Å². The van der Waals surface area contributed by atoms with Crippen molar-refractivity contribution in [2.45, 2.75) is 0 Å². The third-order valence-electron chi connectivity index (χ3n) is 10.9. The summed E-state index contributed by atoms with van der Waals surface area (Å²) in [6, 6.07) is 71.1. The Kier molecular flexibility index (Phi) is 7.17. The highest BCUT2D eigenvalue weighted by Crippen LogP contribution is 2.42. The van der Waals surface area contributed by atoms with Gasteiger partial charge in [0.15, 0.2) is 0 Å². The average molecular weight is 704 g/mol. The second kappa shape index (κ2) is 12.6. The Labute approximate surface area is 317 Å². The van der Waals surface area contributed by atoms with E-state index in [2.05, 4.69) is 175 Å². The molecule has 0 bridgehead atoms. The van der Waals surface area contributed by atoms with Gasteiger partial charge in [-0.05, 0) is 111 Å². The average Bonchev–Trinajstić information content (AvgIpc) is 3.82. The summed E-state index contributed by atoms with van der Waals surface area (Å²) in [5.74, 6) is 0. The Balaban J connectivity index is 0.992. The number of rotatable bonds is 6. The summed E-state index contributed by atoms with van der Waals surface area (Å²) in [6.07, 6.45) is 0. The van der Waals surface area contributed by atoms with Crippen LogP contribution in [0.1, 0.15) is 0 Å². The molecule has 2 heterocycles. The van der Waals surface area contributed by atoms with E-state index in [0.29, 0.717) is 0 Å². The van der Waals surface area contributed by atoms with Gasteiger partial charge < -0.3 is 13.7 Å². The minimum Gasteiger partial charge on any atom is -0.456 e. The predicted octanol–water partition coefficient (Wildman–Crippen LogP) is 15.1. The van der Waals surface area contributed by atoms with Crippen LogP contribution >= 0.6 is 0 Å². The summed E-state index contributed by atoms with van der Waals surface area (Å²) >= 11 is 0. The number of nitrogens with zero attached hydrogens (tertiary/aromatic N) is 1. The monoisotopic (exact) mass is 703 g/mol. The highest BCUT2D eigenvalue weighted by atomic mass is 16.3. The molecule has 0 aliphatic rings. The van der Waals surface area contributed by atoms with Gasteiger partial charge in [-0.1, -0.05) is 127 Å².